The molecule has 1 heterocycles. The van der Waals surface area contributed by atoms with Gasteiger partial charge in [-0.15, -0.1) is 0 Å². The monoisotopic (exact) mass is 291 g/mol. The summed E-state index contributed by atoms with van der Waals surface area (Å²) in [5.74, 6) is 0.357. The van der Waals surface area contributed by atoms with Crippen LogP contribution < -0.4 is 10.1 Å². The van der Waals surface area contributed by atoms with Crippen LogP contribution in [0.2, 0.25) is 0 Å². The molecule has 110 valence electrons. The Hall–Kier alpha value is -2.90. The Labute approximate surface area is 119 Å². The van der Waals surface area contributed by atoms with E-state index in [-0.39, 0.29) is 17.3 Å². The van der Waals surface area contributed by atoms with Crippen LogP contribution in [-0.2, 0) is 4.79 Å². The van der Waals surface area contributed by atoms with Gasteiger partial charge in [0.2, 0.25) is 0 Å². The zero-order valence-electron chi connectivity index (χ0n) is 11.4. The topological polar surface area (TPSA) is 108 Å². The number of nitro groups is 1. The molecule has 2 rings (SSSR count). The molecule has 0 spiro atoms. The minimum absolute atomic E-state index is 0.0292. The lowest BCUT2D eigenvalue weighted by Crippen LogP contribution is -2.30. The smallest absolute Gasteiger partial charge is 0.310 e. The van der Waals surface area contributed by atoms with Gasteiger partial charge in [0.15, 0.2) is 17.7 Å². The number of benzene rings is 1. The molecule has 0 saturated carbocycles. The van der Waals surface area contributed by atoms with Crippen molar-refractivity contribution in [2.24, 2.45) is 0 Å². The third-order valence-electron chi connectivity index (χ3n) is 2.61. The fourth-order valence-corrected chi connectivity index (χ4v) is 1.60. The van der Waals surface area contributed by atoms with Gasteiger partial charge in [-0.2, -0.15) is 0 Å². The van der Waals surface area contributed by atoms with Crippen molar-refractivity contribution in [1.82, 2.24) is 5.16 Å². The molecular formula is C13H13N3O5. The van der Waals surface area contributed by atoms with Gasteiger partial charge in [-0.3, -0.25) is 14.9 Å². The number of nitrogens with zero attached hydrogens (tertiary/aromatic N) is 2. The number of para-hydroxylation sites is 2. The van der Waals surface area contributed by atoms with Crippen LogP contribution in [-0.4, -0.2) is 22.1 Å². The highest BCUT2D eigenvalue weighted by Crippen LogP contribution is 2.26. The molecule has 0 aliphatic heterocycles. The Balaban J connectivity index is 2.05. The second-order valence-corrected chi connectivity index (χ2v) is 4.30. The summed E-state index contributed by atoms with van der Waals surface area (Å²) in [7, 11) is 0. The van der Waals surface area contributed by atoms with Crippen molar-refractivity contribution in [1.29, 1.82) is 0 Å². The average molecular weight is 291 g/mol. The van der Waals surface area contributed by atoms with Gasteiger partial charge in [0.1, 0.15) is 5.76 Å². The first-order chi connectivity index (χ1) is 9.97. The van der Waals surface area contributed by atoms with E-state index in [2.05, 4.69) is 10.5 Å². The average Bonchev–Trinajstić information content (AvgIpc) is 2.84. The maximum atomic E-state index is 11.9. The van der Waals surface area contributed by atoms with Crippen molar-refractivity contribution in [2.45, 2.75) is 20.0 Å². The van der Waals surface area contributed by atoms with Crippen LogP contribution in [0.15, 0.2) is 34.9 Å². The first-order valence-electron chi connectivity index (χ1n) is 6.11. The number of amides is 1. The number of anilines is 1. The van der Waals surface area contributed by atoms with Crippen LogP contribution in [0.5, 0.6) is 5.75 Å². The van der Waals surface area contributed by atoms with Gasteiger partial charge in [-0.1, -0.05) is 17.3 Å². The van der Waals surface area contributed by atoms with Crippen molar-refractivity contribution in [2.75, 3.05) is 5.32 Å². The second-order valence-electron chi connectivity index (χ2n) is 4.30. The molecule has 0 saturated heterocycles. The standard InChI is InChI=1S/C13H13N3O5/c1-8-7-12(15-21-8)14-13(17)9(2)20-11-6-4-3-5-10(11)16(18)19/h3-7,9H,1-2H3,(H,14,15,17)/t9-/m0/s1. The van der Waals surface area contributed by atoms with E-state index in [1.807, 2.05) is 0 Å². The second kappa shape index (κ2) is 6.04. The molecule has 1 N–H and O–H groups in total. The van der Waals surface area contributed by atoms with Crippen LogP contribution >= 0.6 is 0 Å². The van der Waals surface area contributed by atoms with E-state index in [1.165, 1.54) is 25.1 Å². The summed E-state index contributed by atoms with van der Waals surface area (Å²) < 4.78 is 10.2. The summed E-state index contributed by atoms with van der Waals surface area (Å²) in [5.41, 5.74) is -0.200. The fraction of sp³-hybridized carbons (Fsp3) is 0.231. The molecule has 8 nitrogen and oxygen atoms in total. The van der Waals surface area contributed by atoms with E-state index in [0.29, 0.717) is 5.76 Å². The fourth-order valence-electron chi connectivity index (χ4n) is 1.60. The maximum absolute atomic E-state index is 11.9. The van der Waals surface area contributed by atoms with Crippen molar-refractivity contribution >= 4 is 17.4 Å². The van der Waals surface area contributed by atoms with Crippen molar-refractivity contribution in [3.8, 4) is 5.75 Å². The van der Waals surface area contributed by atoms with Crippen molar-refractivity contribution < 1.29 is 19.0 Å². The number of rotatable bonds is 5. The molecule has 0 aliphatic rings. The summed E-state index contributed by atoms with van der Waals surface area (Å²) in [6.07, 6.45) is -0.928. The third-order valence-corrected chi connectivity index (χ3v) is 2.61. The Morgan fingerprint density at radius 1 is 1.48 bits per heavy atom. The number of aryl methyl sites for hydroxylation is 1. The molecule has 1 amide bonds. The maximum Gasteiger partial charge on any atom is 0.310 e. The largest absolute Gasteiger partial charge is 0.474 e. The van der Waals surface area contributed by atoms with E-state index in [9.17, 15) is 14.9 Å². The van der Waals surface area contributed by atoms with E-state index >= 15 is 0 Å². The lowest BCUT2D eigenvalue weighted by Gasteiger charge is -2.13. The van der Waals surface area contributed by atoms with Crippen LogP contribution in [0.1, 0.15) is 12.7 Å². The minimum atomic E-state index is -0.928. The summed E-state index contributed by atoms with van der Waals surface area (Å²) in [5, 5.41) is 17.0. The highest BCUT2D eigenvalue weighted by Gasteiger charge is 2.21. The highest BCUT2D eigenvalue weighted by atomic mass is 16.6. The highest BCUT2D eigenvalue weighted by molar-refractivity contribution is 5.93. The summed E-state index contributed by atoms with van der Waals surface area (Å²) in [6, 6.07) is 7.40. The van der Waals surface area contributed by atoms with Gasteiger partial charge in [0.05, 0.1) is 4.92 Å². The summed E-state index contributed by atoms with van der Waals surface area (Å²) in [4.78, 5) is 22.2. The molecular weight excluding hydrogens is 278 g/mol. The van der Waals surface area contributed by atoms with Crippen molar-refractivity contribution in [3.05, 3.63) is 46.2 Å². The number of hydrogen-bond acceptors (Lipinski definition) is 6. The summed E-state index contributed by atoms with van der Waals surface area (Å²) >= 11 is 0. The van der Waals surface area contributed by atoms with E-state index < -0.39 is 16.9 Å². The van der Waals surface area contributed by atoms with Crippen LogP contribution in [0.25, 0.3) is 0 Å². The zero-order chi connectivity index (χ0) is 15.4. The Morgan fingerprint density at radius 3 is 2.81 bits per heavy atom. The Kier molecular flexibility index (Phi) is 4.17. The van der Waals surface area contributed by atoms with Gasteiger partial charge in [-0.25, -0.2) is 0 Å². The first kappa shape index (κ1) is 14.5. The number of carbonyl (C=O) groups excluding carboxylic acids is 1. The van der Waals surface area contributed by atoms with E-state index in [1.54, 1.807) is 19.1 Å². The lowest BCUT2D eigenvalue weighted by atomic mass is 10.3. The molecule has 0 bridgehead atoms. The van der Waals surface area contributed by atoms with Gasteiger partial charge in [-0.05, 0) is 19.9 Å². The molecule has 1 aromatic heterocycles. The molecule has 0 fully saturated rings. The van der Waals surface area contributed by atoms with Gasteiger partial charge < -0.3 is 14.6 Å². The number of nitro benzene ring substituents is 1. The molecule has 8 heteroatoms. The van der Waals surface area contributed by atoms with Gasteiger partial charge >= 0.3 is 5.69 Å². The SMILES string of the molecule is Cc1cc(NC(=O)[C@H](C)Oc2ccccc2[N+](=O)[O-])no1. The minimum Gasteiger partial charge on any atom is -0.474 e. The molecule has 0 unspecified atom stereocenters. The first-order valence-corrected chi connectivity index (χ1v) is 6.11. The number of carbonyl (C=O) groups is 1. The zero-order valence-corrected chi connectivity index (χ0v) is 11.4. The Bertz CT molecular complexity index is 667. The quantitative estimate of drug-likeness (QED) is 0.669. The number of nitrogens with one attached hydrogen (secondary N) is 1. The molecule has 1 aromatic carbocycles. The third kappa shape index (κ3) is 3.56. The van der Waals surface area contributed by atoms with Gasteiger partial charge in [0, 0.05) is 12.1 Å². The number of aromatic nitrogens is 1. The lowest BCUT2D eigenvalue weighted by molar-refractivity contribution is -0.386. The van der Waals surface area contributed by atoms with Gasteiger partial charge in [0.25, 0.3) is 5.91 Å². The summed E-state index contributed by atoms with van der Waals surface area (Å²) in [6.45, 7) is 3.18. The molecule has 0 radical (unpaired) electrons. The molecule has 1 atom stereocenters. The Morgan fingerprint density at radius 2 is 2.19 bits per heavy atom. The van der Waals surface area contributed by atoms with Crippen LogP contribution in [0.4, 0.5) is 11.5 Å². The molecule has 2 aromatic rings. The normalized spacial score (nSPS) is 11.7. The predicted molar refractivity (Wildman–Crippen MR) is 73.1 cm³/mol. The predicted octanol–water partition coefficient (Wildman–Crippen LogP) is 2.30. The van der Waals surface area contributed by atoms with E-state index in [0.717, 1.165) is 0 Å². The molecule has 21 heavy (non-hydrogen) atoms. The number of ether oxygens (including phenoxy) is 1. The molecule has 0 aliphatic carbocycles. The van der Waals surface area contributed by atoms with Crippen LogP contribution in [0.3, 0.4) is 0 Å². The van der Waals surface area contributed by atoms with E-state index in [4.69, 9.17) is 9.26 Å². The van der Waals surface area contributed by atoms with Crippen molar-refractivity contribution in [3.63, 3.8) is 0 Å². The number of hydrogen-bond donors (Lipinski definition) is 1. The van der Waals surface area contributed by atoms with Crippen LogP contribution in [0, 0.1) is 17.0 Å².